The molecule has 2 aliphatic rings. The van der Waals surface area contributed by atoms with Crippen LogP contribution in [-0.4, -0.2) is 55.0 Å². The van der Waals surface area contributed by atoms with Gasteiger partial charge in [0.05, 0.1) is 41.9 Å². The Hall–Kier alpha value is -2.35. The minimum absolute atomic E-state index is 0.00950. The average molecular weight is 328 g/mol. The molecule has 4 heterocycles. The molecule has 1 amide bonds. The van der Waals surface area contributed by atoms with Crippen molar-refractivity contribution in [2.75, 3.05) is 13.1 Å². The van der Waals surface area contributed by atoms with Crippen LogP contribution in [-0.2, 0) is 17.8 Å². The predicted octanol–water partition coefficient (Wildman–Crippen LogP) is 1.01. The van der Waals surface area contributed by atoms with Crippen LogP contribution in [0.15, 0.2) is 18.7 Å². The van der Waals surface area contributed by atoms with Crippen molar-refractivity contribution in [3.05, 3.63) is 35.7 Å². The lowest BCUT2D eigenvalue weighted by Crippen LogP contribution is -2.50. The van der Waals surface area contributed by atoms with Gasteiger partial charge < -0.3 is 9.64 Å². The van der Waals surface area contributed by atoms with E-state index in [4.69, 9.17) is 4.74 Å². The van der Waals surface area contributed by atoms with Gasteiger partial charge in [0.15, 0.2) is 0 Å². The van der Waals surface area contributed by atoms with Gasteiger partial charge in [0.25, 0.3) is 5.91 Å². The van der Waals surface area contributed by atoms with Crippen LogP contribution in [0.3, 0.4) is 0 Å². The molecule has 0 N–H and O–H groups in total. The maximum absolute atomic E-state index is 13.0. The monoisotopic (exact) mass is 328 g/mol. The summed E-state index contributed by atoms with van der Waals surface area (Å²) in [6.45, 7) is 3.85. The van der Waals surface area contributed by atoms with E-state index in [1.165, 1.54) is 6.33 Å². The Labute approximate surface area is 139 Å². The zero-order valence-corrected chi connectivity index (χ0v) is 13.6. The van der Waals surface area contributed by atoms with Gasteiger partial charge in [0.2, 0.25) is 0 Å². The fourth-order valence-electron chi connectivity index (χ4n) is 3.50. The number of hydrogen-bond donors (Lipinski definition) is 0. The van der Waals surface area contributed by atoms with Crippen LogP contribution in [0, 0.1) is 0 Å². The van der Waals surface area contributed by atoms with Gasteiger partial charge in [-0.25, -0.2) is 14.6 Å². The van der Waals surface area contributed by atoms with Crippen molar-refractivity contribution in [1.29, 1.82) is 0 Å². The van der Waals surface area contributed by atoms with Crippen LogP contribution in [0.25, 0.3) is 0 Å². The molecule has 0 bridgehead atoms. The lowest BCUT2D eigenvalue weighted by molar-refractivity contribution is -0.0605. The zero-order valence-electron chi connectivity index (χ0n) is 13.6. The minimum Gasteiger partial charge on any atom is -0.370 e. The molecule has 0 unspecified atom stereocenters. The third-order valence-electron chi connectivity index (χ3n) is 4.73. The number of carbonyl (C=O) groups excluding carboxylic acids is 1. The van der Waals surface area contributed by atoms with Crippen LogP contribution >= 0.6 is 0 Å². The van der Waals surface area contributed by atoms with Crippen molar-refractivity contribution < 1.29 is 9.53 Å². The topological polar surface area (TPSA) is 86.0 Å². The Morgan fingerprint density at radius 3 is 3.21 bits per heavy atom. The van der Waals surface area contributed by atoms with Crippen molar-refractivity contribution in [2.24, 2.45) is 0 Å². The summed E-state index contributed by atoms with van der Waals surface area (Å²) >= 11 is 0. The Kier molecular flexibility index (Phi) is 3.97. The first-order valence-corrected chi connectivity index (χ1v) is 8.36. The number of likely N-dealkylation sites (tertiary alicyclic amines) is 1. The van der Waals surface area contributed by atoms with E-state index in [0.29, 0.717) is 25.3 Å². The molecule has 2 aromatic heterocycles. The molecular formula is C16H20N6O2. The zero-order chi connectivity index (χ0) is 16.5. The predicted molar refractivity (Wildman–Crippen MR) is 84.2 cm³/mol. The molecule has 2 aromatic rings. The van der Waals surface area contributed by atoms with Crippen molar-refractivity contribution in [3.8, 4) is 0 Å². The number of aromatic nitrogens is 5. The van der Waals surface area contributed by atoms with E-state index < -0.39 is 0 Å². The van der Waals surface area contributed by atoms with Gasteiger partial charge in [-0.3, -0.25) is 4.79 Å². The van der Waals surface area contributed by atoms with Gasteiger partial charge in [0, 0.05) is 19.3 Å². The van der Waals surface area contributed by atoms with Crippen LogP contribution in [0.2, 0.25) is 0 Å². The molecule has 0 spiro atoms. The highest BCUT2D eigenvalue weighted by Gasteiger charge is 2.38. The SMILES string of the molecule is CCCc1ncncc1C(=O)N1CC[C@@H]2OCc3cnnn3[C@H]2C1. The quantitative estimate of drug-likeness (QED) is 0.836. The molecule has 8 heteroatoms. The molecule has 24 heavy (non-hydrogen) atoms. The molecule has 2 atom stereocenters. The molecule has 8 nitrogen and oxygen atoms in total. The van der Waals surface area contributed by atoms with Crippen molar-refractivity contribution >= 4 is 5.91 Å². The van der Waals surface area contributed by atoms with E-state index in [0.717, 1.165) is 30.7 Å². The molecule has 0 radical (unpaired) electrons. The molecule has 1 saturated heterocycles. The van der Waals surface area contributed by atoms with Crippen LogP contribution in [0.5, 0.6) is 0 Å². The molecule has 0 aliphatic carbocycles. The van der Waals surface area contributed by atoms with E-state index in [2.05, 4.69) is 27.2 Å². The van der Waals surface area contributed by atoms with E-state index in [1.54, 1.807) is 12.4 Å². The van der Waals surface area contributed by atoms with Crippen molar-refractivity contribution in [1.82, 2.24) is 29.9 Å². The summed E-state index contributed by atoms with van der Waals surface area (Å²) in [5, 5.41) is 8.15. The summed E-state index contributed by atoms with van der Waals surface area (Å²) in [4.78, 5) is 23.2. The fraction of sp³-hybridized carbons (Fsp3) is 0.562. The van der Waals surface area contributed by atoms with E-state index in [1.807, 2.05) is 9.58 Å². The number of rotatable bonds is 3. The van der Waals surface area contributed by atoms with Gasteiger partial charge >= 0.3 is 0 Å². The van der Waals surface area contributed by atoms with Gasteiger partial charge in [-0.05, 0) is 12.8 Å². The Balaban J connectivity index is 1.57. The summed E-state index contributed by atoms with van der Waals surface area (Å²) in [7, 11) is 0. The van der Waals surface area contributed by atoms with Gasteiger partial charge in [-0.15, -0.1) is 5.10 Å². The lowest BCUT2D eigenvalue weighted by Gasteiger charge is -2.41. The second-order valence-corrected chi connectivity index (χ2v) is 6.26. The normalized spacial score (nSPS) is 22.8. The maximum Gasteiger partial charge on any atom is 0.257 e. The molecule has 0 saturated carbocycles. The lowest BCUT2D eigenvalue weighted by atomic mass is 9.99. The second kappa shape index (κ2) is 6.27. The minimum atomic E-state index is -0.00950. The number of carbonyl (C=O) groups is 1. The summed E-state index contributed by atoms with van der Waals surface area (Å²) in [6, 6.07) is 0.0215. The number of aryl methyl sites for hydroxylation is 1. The Morgan fingerprint density at radius 1 is 1.42 bits per heavy atom. The molecule has 4 rings (SSSR count). The number of ether oxygens (including phenoxy) is 1. The number of fused-ring (bicyclic) bond motifs is 3. The summed E-state index contributed by atoms with van der Waals surface area (Å²) in [5.41, 5.74) is 2.38. The van der Waals surface area contributed by atoms with Gasteiger partial charge in [-0.1, -0.05) is 18.6 Å². The first kappa shape index (κ1) is 15.2. The van der Waals surface area contributed by atoms with E-state index in [-0.39, 0.29) is 18.1 Å². The molecule has 1 fully saturated rings. The van der Waals surface area contributed by atoms with Crippen molar-refractivity contribution in [2.45, 2.75) is 44.9 Å². The number of nitrogens with zero attached hydrogens (tertiary/aromatic N) is 6. The Morgan fingerprint density at radius 2 is 2.33 bits per heavy atom. The van der Waals surface area contributed by atoms with Crippen molar-refractivity contribution in [3.63, 3.8) is 0 Å². The highest BCUT2D eigenvalue weighted by atomic mass is 16.5. The molecule has 0 aromatic carbocycles. The average Bonchev–Trinajstić information content (AvgIpc) is 3.11. The van der Waals surface area contributed by atoms with Crippen LogP contribution in [0.1, 0.15) is 47.6 Å². The largest absolute Gasteiger partial charge is 0.370 e. The molecule has 126 valence electrons. The first-order chi connectivity index (χ1) is 11.8. The third kappa shape index (κ3) is 2.56. The highest BCUT2D eigenvalue weighted by molar-refractivity contribution is 5.95. The fourth-order valence-corrected chi connectivity index (χ4v) is 3.50. The van der Waals surface area contributed by atoms with Gasteiger partial charge in [-0.2, -0.15) is 0 Å². The Bertz CT molecular complexity index is 746. The number of piperidine rings is 1. The molecular weight excluding hydrogens is 308 g/mol. The van der Waals surface area contributed by atoms with E-state index >= 15 is 0 Å². The summed E-state index contributed by atoms with van der Waals surface area (Å²) < 4.78 is 7.80. The van der Waals surface area contributed by atoms with Crippen LogP contribution in [0.4, 0.5) is 0 Å². The first-order valence-electron chi connectivity index (χ1n) is 8.36. The maximum atomic E-state index is 13.0. The highest BCUT2D eigenvalue weighted by Crippen LogP contribution is 2.30. The third-order valence-corrected chi connectivity index (χ3v) is 4.73. The van der Waals surface area contributed by atoms with Crippen LogP contribution < -0.4 is 0 Å². The summed E-state index contributed by atoms with van der Waals surface area (Å²) in [5.74, 6) is -0.00950. The summed E-state index contributed by atoms with van der Waals surface area (Å²) in [6.07, 6.45) is 7.46. The standard InChI is InChI=1S/C16H20N6O2/c1-2-3-13-12(7-17-10-18-13)16(23)21-5-4-15-14(8-21)22-11(9-24-15)6-19-20-22/h6-7,10,14-15H,2-5,8-9H2,1H3/t14-,15-/m0/s1. The number of hydrogen-bond acceptors (Lipinski definition) is 6. The van der Waals surface area contributed by atoms with E-state index in [9.17, 15) is 4.79 Å². The number of amides is 1. The molecule has 2 aliphatic heterocycles. The second-order valence-electron chi connectivity index (χ2n) is 6.26. The van der Waals surface area contributed by atoms with Gasteiger partial charge in [0.1, 0.15) is 6.33 Å². The smallest absolute Gasteiger partial charge is 0.257 e.